The van der Waals surface area contributed by atoms with Crippen LogP contribution in [0.4, 0.5) is 0 Å². The first kappa shape index (κ1) is 12.8. The molecule has 0 saturated heterocycles. The monoisotopic (exact) mass is 289 g/mol. The summed E-state index contributed by atoms with van der Waals surface area (Å²) in [6.07, 6.45) is 9.15. The fourth-order valence-electron chi connectivity index (χ4n) is 2.60. The number of imidazole rings is 2. The maximum atomic E-state index is 4.70. The van der Waals surface area contributed by atoms with E-state index in [2.05, 4.69) is 44.6 Å². The van der Waals surface area contributed by atoms with E-state index in [-0.39, 0.29) is 6.04 Å². The largest absolute Gasteiger partial charge is 0.338 e. The molecule has 1 atom stereocenters. The summed E-state index contributed by atoms with van der Waals surface area (Å²) in [5.41, 5.74) is 4.25. The van der Waals surface area contributed by atoms with E-state index in [1.165, 1.54) is 5.56 Å². The van der Waals surface area contributed by atoms with Crippen LogP contribution in [0, 0.1) is 0 Å². The zero-order chi connectivity index (χ0) is 14.9. The van der Waals surface area contributed by atoms with Gasteiger partial charge in [0.05, 0.1) is 23.4 Å². The molecule has 0 spiro atoms. The first-order valence-electron chi connectivity index (χ1n) is 7.19. The molecule has 0 aliphatic carbocycles. The second kappa shape index (κ2) is 5.11. The molecule has 22 heavy (non-hydrogen) atoms. The zero-order valence-electron chi connectivity index (χ0n) is 12.1. The van der Waals surface area contributed by atoms with Gasteiger partial charge in [0.25, 0.3) is 0 Å². The SMILES string of the molecule is CC(c1ccc2[nH]c(-c3ccncc3)nc2c1)n1ccnc1. The van der Waals surface area contributed by atoms with E-state index in [0.717, 1.165) is 22.4 Å². The van der Waals surface area contributed by atoms with Gasteiger partial charge in [-0.25, -0.2) is 9.97 Å². The van der Waals surface area contributed by atoms with Gasteiger partial charge in [-0.15, -0.1) is 0 Å². The number of fused-ring (bicyclic) bond motifs is 1. The lowest BCUT2D eigenvalue weighted by atomic mass is 10.1. The molecule has 4 rings (SSSR count). The highest BCUT2D eigenvalue weighted by atomic mass is 15.0. The van der Waals surface area contributed by atoms with E-state index in [1.807, 2.05) is 24.7 Å². The number of H-pyrrole nitrogens is 1. The minimum absolute atomic E-state index is 0.230. The number of benzene rings is 1. The Bertz CT molecular complexity index is 893. The van der Waals surface area contributed by atoms with Gasteiger partial charge >= 0.3 is 0 Å². The van der Waals surface area contributed by atoms with Crippen molar-refractivity contribution in [2.24, 2.45) is 0 Å². The first-order valence-corrected chi connectivity index (χ1v) is 7.19. The first-order chi connectivity index (χ1) is 10.8. The molecular weight excluding hydrogens is 274 g/mol. The van der Waals surface area contributed by atoms with Crippen molar-refractivity contribution in [1.82, 2.24) is 24.5 Å². The molecule has 0 aliphatic heterocycles. The van der Waals surface area contributed by atoms with Gasteiger partial charge in [-0.2, -0.15) is 0 Å². The highest BCUT2D eigenvalue weighted by molar-refractivity contribution is 5.80. The average Bonchev–Trinajstić information content (AvgIpc) is 3.23. The third-order valence-corrected chi connectivity index (χ3v) is 3.92. The van der Waals surface area contributed by atoms with E-state index < -0.39 is 0 Å². The Morgan fingerprint density at radius 3 is 2.68 bits per heavy atom. The van der Waals surface area contributed by atoms with Crippen LogP contribution in [-0.2, 0) is 0 Å². The number of pyridine rings is 1. The number of hydrogen-bond donors (Lipinski definition) is 1. The zero-order valence-corrected chi connectivity index (χ0v) is 12.1. The second-order valence-electron chi connectivity index (χ2n) is 5.28. The van der Waals surface area contributed by atoms with E-state index in [4.69, 9.17) is 4.98 Å². The fourth-order valence-corrected chi connectivity index (χ4v) is 2.60. The van der Waals surface area contributed by atoms with Crippen LogP contribution in [0.15, 0.2) is 61.4 Å². The van der Waals surface area contributed by atoms with Crippen molar-refractivity contribution in [2.75, 3.05) is 0 Å². The Labute approximate surface area is 127 Å². The molecule has 5 nitrogen and oxygen atoms in total. The molecule has 1 aromatic carbocycles. The summed E-state index contributed by atoms with van der Waals surface area (Å²) in [5.74, 6) is 0.866. The van der Waals surface area contributed by atoms with Crippen molar-refractivity contribution >= 4 is 11.0 Å². The Morgan fingerprint density at radius 2 is 1.91 bits per heavy atom. The summed E-state index contributed by atoms with van der Waals surface area (Å²) in [7, 11) is 0. The van der Waals surface area contributed by atoms with Crippen LogP contribution in [0.5, 0.6) is 0 Å². The normalized spacial score (nSPS) is 12.6. The number of nitrogens with zero attached hydrogens (tertiary/aromatic N) is 4. The lowest BCUT2D eigenvalue weighted by molar-refractivity contribution is 0.639. The number of nitrogens with one attached hydrogen (secondary N) is 1. The highest BCUT2D eigenvalue weighted by Crippen LogP contribution is 2.24. The van der Waals surface area contributed by atoms with E-state index in [0.29, 0.717) is 0 Å². The topological polar surface area (TPSA) is 59.4 Å². The summed E-state index contributed by atoms with van der Waals surface area (Å²) < 4.78 is 2.08. The minimum Gasteiger partial charge on any atom is -0.338 e. The number of aromatic amines is 1. The Hall–Kier alpha value is -2.95. The van der Waals surface area contributed by atoms with Crippen LogP contribution in [0.2, 0.25) is 0 Å². The predicted molar refractivity (Wildman–Crippen MR) is 85.4 cm³/mol. The summed E-state index contributed by atoms with van der Waals surface area (Å²) in [4.78, 5) is 16.2. The maximum absolute atomic E-state index is 4.70. The molecule has 0 saturated carbocycles. The van der Waals surface area contributed by atoms with Crippen LogP contribution in [-0.4, -0.2) is 24.5 Å². The summed E-state index contributed by atoms with van der Waals surface area (Å²) in [6.45, 7) is 2.15. The van der Waals surface area contributed by atoms with Gasteiger partial charge in [0.1, 0.15) is 5.82 Å². The van der Waals surface area contributed by atoms with Gasteiger partial charge in [-0.05, 0) is 36.8 Å². The van der Waals surface area contributed by atoms with Gasteiger partial charge in [0, 0.05) is 30.4 Å². The molecule has 1 unspecified atom stereocenters. The molecular formula is C17H15N5. The lowest BCUT2D eigenvalue weighted by Gasteiger charge is -2.13. The van der Waals surface area contributed by atoms with Crippen molar-refractivity contribution in [3.05, 3.63) is 67.0 Å². The summed E-state index contributed by atoms with van der Waals surface area (Å²) in [5, 5.41) is 0. The van der Waals surface area contributed by atoms with Crippen molar-refractivity contribution < 1.29 is 0 Å². The highest BCUT2D eigenvalue weighted by Gasteiger charge is 2.10. The second-order valence-corrected chi connectivity index (χ2v) is 5.28. The molecule has 0 aliphatic rings. The van der Waals surface area contributed by atoms with E-state index >= 15 is 0 Å². The molecule has 4 aromatic rings. The van der Waals surface area contributed by atoms with Gasteiger partial charge in [0.2, 0.25) is 0 Å². The minimum atomic E-state index is 0.230. The molecule has 3 aromatic heterocycles. The van der Waals surface area contributed by atoms with Crippen LogP contribution in [0.3, 0.4) is 0 Å². The molecule has 1 N–H and O–H groups in total. The molecule has 108 valence electrons. The van der Waals surface area contributed by atoms with Crippen LogP contribution < -0.4 is 0 Å². The smallest absolute Gasteiger partial charge is 0.138 e. The Balaban J connectivity index is 1.75. The molecule has 3 heterocycles. The van der Waals surface area contributed by atoms with Gasteiger partial charge < -0.3 is 9.55 Å². The van der Waals surface area contributed by atoms with Crippen LogP contribution in [0.1, 0.15) is 18.5 Å². The van der Waals surface area contributed by atoms with Crippen molar-refractivity contribution in [3.8, 4) is 11.4 Å². The quantitative estimate of drug-likeness (QED) is 0.628. The summed E-state index contributed by atoms with van der Waals surface area (Å²) in [6, 6.07) is 10.5. The lowest BCUT2D eigenvalue weighted by Crippen LogP contribution is -2.03. The number of hydrogen-bond acceptors (Lipinski definition) is 3. The molecule has 0 bridgehead atoms. The summed E-state index contributed by atoms with van der Waals surface area (Å²) >= 11 is 0. The third-order valence-electron chi connectivity index (χ3n) is 3.92. The van der Waals surface area contributed by atoms with Gasteiger partial charge in [-0.3, -0.25) is 4.98 Å². The standard InChI is InChI=1S/C17H15N5/c1-12(22-9-8-19-11-22)14-2-3-15-16(10-14)21-17(20-15)13-4-6-18-7-5-13/h2-12H,1H3,(H,20,21). The van der Waals surface area contributed by atoms with E-state index in [9.17, 15) is 0 Å². The van der Waals surface area contributed by atoms with Crippen LogP contribution >= 0.6 is 0 Å². The van der Waals surface area contributed by atoms with Crippen LogP contribution in [0.25, 0.3) is 22.4 Å². The number of rotatable bonds is 3. The third kappa shape index (κ3) is 2.16. The Morgan fingerprint density at radius 1 is 1.05 bits per heavy atom. The van der Waals surface area contributed by atoms with Gasteiger partial charge in [0.15, 0.2) is 0 Å². The Kier molecular flexibility index (Phi) is 2.96. The van der Waals surface area contributed by atoms with E-state index in [1.54, 1.807) is 18.6 Å². The molecule has 0 fully saturated rings. The molecule has 5 heteroatoms. The molecule has 0 radical (unpaired) electrons. The average molecular weight is 289 g/mol. The van der Waals surface area contributed by atoms with Crippen molar-refractivity contribution in [3.63, 3.8) is 0 Å². The maximum Gasteiger partial charge on any atom is 0.138 e. The number of aromatic nitrogens is 5. The fraction of sp³-hybridized carbons (Fsp3) is 0.118. The van der Waals surface area contributed by atoms with Gasteiger partial charge in [-0.1, -0.05) is 6.07 Å². The molecule has 0 amide bonds. The van der Waals surface area contributed by atoms with Crippen molar-refractivity contribution in [1.29, 1.82) is 0 Å². The predicted octanol–water partition coefficient (Wildman–Crippen LogP) is 3.43. The van der Waals surface area contributed by atoms with Crippen molar-refractivity contribution in [2.45, 2.75) is 13.0 Å².